The number of nitrogens with zero attached hydrogens (tertiary/aromatic N) is 1. The monoisotopic (exact) mass is 312 g/mol. The van der Waals surface area contributed by atoms with E-state index in [2.05, 4.69) is 5.32 Å². The minimum atomic E-state index is -4.01. The molecule has 1 aromatic carbocycles. The second-order valence-corrected chi connectivity index (χ2v) is 6.40. The maximum absolute atomic E-state index is 12.7. The second kappa shape index (κ2) is 5.82. The molecule has 0 aliphatic carbocycles. The standard InChI is InChI=1S/C13H16N2O5S/c1-3-9-13(17)14-12(16)8-15(9)21(18,19)11-7-5-4-6-10(11)20-2/h4-7,9H,3,8H2,1-2H3,(H,14,16,17). The predicted molar refractivity (Wildman–Crippen MR) is 74.1 cm³/mol. The minimum Gasteiger partial charge on any atom is -0.495 e. The number of hydrogen-bond donors (Lipinski definition) is 1. The summed E-state index contributed by atoms with van der Waals surface area (Å²) in [5.74, 6) is -1.07. The molecule has 1 aliphatic rings. The largest absolute Gasteiger partial charge is 0.495 e. The summed E-state index contributed by atoms with van der Waals surface area (Å²) in [6.07, 6.45) is 0.271. The van der Waals surface area contributed by atoms with Gasteiger partial charge in [0.25, 0.3) is 0 Å². The molecule has 1 unspecified atom stereocenters. The van der Waals surface area contributed by atoms with Crippen LogP contribution < -0.4 is 10.1 Å². The third-order valence-electron chi connectivity index (χ3n) is 3.25. The van der Waals surface area contributed by atoms with E-state index in [0.717, 1.165) is 4.31 Å². The Labute approximate surface area is 122 Å². The van der Waals surface area contributed by atoms with Crippen molar-refractivity contribution in [3.05, 3.63) is 24.3 Å². The number of imide groups is 1. The molecule has 21 heavy (non-hydrogen) atoms. The van der Waals surface area contributed by atoms with Crippen molar-refractivity contribution < 1.29 is 22.7 Å². The summed E-state index contributed by atoms with van der Waals surface area (Å²) >= 11 is 0. The quantitative estimate of drug-likeness (QED) is 0.797. The molecule has 2 rings (SSSR count). The van der Waals surface area contributed by atoms with Gasteiger partial charge in [0.1, 0.15) is 16.7 Å². The molecule has 2 amide bonds. The van der Waals surface area contributed by atoms with Gasteiger partial charge in [-0.25, -0.2) is 8.42 Å². The maximum Gasteiger partial charge on any atom is 0.247 e. The number of piperazine rings is 1. The molecular weight excluding hydrogens is 296 g/mol. The van der Waals surface area contributed by atoms with Crippen molar-refractivity contribution in [3.8, 4) is 5.75 Å². The Bertz CT molecular complexity index is 671. The lowest BCUT2D eigenvalue weighted by Gasteiger charge is -2.32. The first-order chi connectivity index (χ1) is 9.91. The smallest absolute Gasteiger partial charge is 0.247 e. The minimum absolute atomic E-state index is 0.0616. The fourth-order valence-electron chi connectivity index (χ4n) is 2.24. The van der Waals surface area contributed by atoms with Gasteiger partial charge in [0.05, 0.1) is 13.7 Å². The van der Waals surface area contributed by atoms with E-state index in [1.165, 1.54) is 19.2 Å². The highest BCUT2D eigenvalue weighted by Gasteiger charge is 2.41. The van der Waals surface area contributed by atoms with E-state index in [4.69, 9.17) is 4.74 Å². The number of sulfonamides is 1. The summed E-state index contributed by atoms with van der Waals surface area (Å²) in [6.45, 7) is 1.30. The van der Waals surface area contributed by atoms with Gasteiger partial charge in [-0.1, -0.05) is 19.1 Å². The topological polar surface area (TPSA) is 92.8 Å². The van der Waals surface area contributed by atoms with Crippen LogP contribution in [-0.4, -0.2) is 44.2 Å². The highest BCUT2D eigenvalue weighted by atomic mass is 32.2. The van der Waals surface area contributed by atoms with Crippen LogP contribution in [-0.2, 0) is 19.6 Å². The number of rotatable bonds is 4. The van der Waals surface area contributed by atoms with Gasteiger partial charge in [-0.2, -0.15) is 4.31 Å². The number of amides is 2. The molecule has 1 heterocycles. The molecule has 1 saturated heterocycles. The number of benzene rings is 1. The van der Waals surface area contributed by atoms with Crippen molar-refractivity contribution in [2.75, 3.05) is 13.7 Å². The average molecular weight is 312 g/mol. The molecule has 1 aliphatic heterocycles. The summed E-state index contributed by atoms with van der Waals surface area (Å²) in [4.78, 5) is 23.3. The zero-order valence-corrected chi connectivity index (χ0v) is 12.5. The lowest BCUT2D eigenvalue weighted by Crippen LogP contribution is -2.59. The van der Waals surface area contributed by atoms with Crippen molar-refractivity contribution in [2.24, 2.45) is 0 Å². The number of para-hydroxylation sites is 1. The van der Waals surface area contributed by atoms with Crippen molar-refractivity contribution in [1.29, 1.82) is 0 Å². The fraction of sp³-hybridized carbons (Fsp3) is 0.385. The Morgan fingerprint density at radius 3 is 2.62 bits per heavy atom. The van der Waals surface area contributed by atoms with Crippen LogP contribution in [0.1, 0.15) is 13.3 Å². The molecule has 0 bridgehead atoms. The van der Waals surface area contributed by atoms with Crippen LogP contribution in [0.3, 0.4) is 0 Å². The Morgan fingerprint density at radius 1 is 1.33 bits per heavy atom. The number of carbonyl (C=O) groups excluding carboxylic acids is 2. The van der Waals surface area contributed by atoms with Gasteiger partial charge in [-0.15, -0.1) is 0 Å². The van der Waals surface area contributed by atoms with Crippen LogP contribution in [0, 0.1) is 0 Å². The number of methoxy groups -OCH3 is 1. The van der Waals surface area contributed by atoms with Gasteiger partial charge in [-0.3, -0.25) is 14.9 Å². The van der Waals surface area contributed by atoms with E-state index in [0.29, 0.717) is 0 Å². The van der Waals surface area contributed by atoms with Crippen LogP contribution in [0.25, 0.3) is 0 Å². The number of nitrogens with one attached hydrogen (secondary N) is 1. The van der Waals surface area contributed by atoms with Gasteiger partial charge >= 0.3 is 0 Å². The van der Waals surface area contributed by atoms with Crippen LogP contribution in [0.2, 0.25) is 0 Å². The zero-order valence-electron chi connectivity index (χ0n) is 11.7. The number of hydrogen-bond acceptors (Lipinski definition) is 5. The molecule has 1 aromatic rings. The van der Waals surface area contributed by atoms with Gasteiger partial charge in [-0.05, 0) is 18.6 Å². The van der Waals surface area contributed by atoms with Gasteiger partial charge in [0.15, 0.2) is 0 Å². The lowest BCUT2D eigenvalue weighted by atomic mass is 10.2. The first kappa shape index (κ1) is 15.5. The van der Waals surface area contributed by atoms with E-state index in [1.807, 2.05) is 0 Å². The van der Waals surface area contributed by atoms with Crippen molar-refractivity contribution in [2.45, 2.75) is 24.3 Å². The Kier molecular flexibility index (Phi) is 4.29. The molecule has 1 atom stereocenters. The van der Waals surface area contributed by atoms with Crippen LogP contribution in [0.4, 0.5) is 0 Å². The molecular formula is C13H16N2O5S. The Morgan fingerprint density at radius 2 is 2.00 bits per heavy atom. The fourth-order valence-corrected chi connectivity index (χ4v) is 4.02. The Hall–Kier alpha value is -1.93. The summed E-state index contributed by atoms with van der Waals surface area (Å²) in [6, 6.07) is 5.20. The highest BCUT2D eigenvalue weighted by Crippen LogP contribution is 2.28. The van der Waals surface area contributed by atoms with Crippen LogP contribution >= 0.6 is 0 Å². The molecule has 8 heteroatoms. The normalized spacial score (nSPS) is 20.2. The molecule has 1 N–H and O–H groups in total. The lowest BCUT2D eigenvalue weighted by molar-refractivity contribution is -0.137. The van der Waals surface area contributed by atoms with Crippen LogP contribution in [0.5, 0.6) is 5.75 Å². The first-order valence-corrected chi connectivity index (χ1v) is 7.84. The summed E-state index contributed by atoms with van der Waals surface area (Å²) in [7, 11) is -2.64. The summed E-state index contributed by atoms with van der Waals surface area (Å²) in [5, 5.41) is 2.15. The van der Waals surface area contributed by atoms with E-state index in [-0.39, 0.29) is 23.6 Å². The average Bonchev–Trinajstić information content (AvgIpc) is 2.46. The molecule has 0 saturated carbocycles. The summed E-state index contributed by atoms with van der Waals surface area (Å²) < 4.78 is 31.5. The first-order valence-electron chi connectivity index (χ1n) is 6.40. The molecule has 114 valence electrons. The Balaban J connectivity index is 2.51. The maximum atomic E-state index is 12.7. The number of carbonyl (C=O) groups is 2. The SMILES string of the molecule is CCC1C(=O)NC(=O)CN1S(=O)(=O)c1ccccc1OC. The van der Waals surface area contributed by atoms with E-state index < -0.39 is 27.9 Å². The van der Waals surface area contributed by atoms with Crippen LogP contribution in [0.15, 0.2) is 29.2 Å². The predicted octanol–water partition coefficient (Wildman–Crippen LogP) is 0.121. The van der Waals surface area contributed by atoms with Crippen molar-refractivity contribution in [1.82, 2.24) is 9.62 Å². The van der Waals surface area contributed by atoms with E-state index in [1.54, 1.807) is 19.1 Å². The molecule has 0 spiro atoms. The molecule has 1 fully saturated rings. The van der Waals surface area contributed by atoms with E-state index in [9.17, 15) is 18.0 Å². The molecule has 0 aromatic heterocycles. The third-order valence-corrected chi connectivity index (χ3v) is 5.15. The van der Waals surface area contributed by atoms with Gasteiger partial charge in [0.2, 0.25) is 21.8 Å². The zero-order chi connectivity index (χ0) is 15.6. The van der Waals surface area contributed by atoms with E-state index >= 15 is 0 Å². The van der Waals surface area contributed by atoms with Gasteiger partial charge in [0, 0.05) is 0 Å². The van der Waals surface area contributed by atoms with Crippen molar-refractivity contribution in [3.63, 3.8) is 0 Å². The van der Waals surface area contributed by atoms with Crippen molar-refractivity contribution >= 4 is 21.8 Å². The molecule has 7 nitrogen and oxygen atoms in total. The molecule has 0 radical (unpaired) electrons. The number of ether oxygens (including phenoxy) is 1. The van der Waals surface area contributed by atoms with Gasteiger partial charge < -0.3 is 4.74 Å². The third kappa shape index (κ3) is 2.77. The second-order valence-electron chi connectivity index (χ2n) is 4.54. The summed E-state index contributed by atoms with van der Waals surface area (Å²) in [5.41, 5.74) is 0. The highest BCUT2D eigenvalue weighted by molar-refractivity contribution is 7.89.